The molecule has 2 fully saturated rings. The molecule has 2 rings (SSSR count). The van der Waals surface area contributed by atoms with Crippen LogP contribution in [0.5, 0.6) is 0 Å². The summed E-state index contributed by atoms with van der Waals surface area (Å²) in [5, 5.41) is 0. The Morgan fingerprint density at radius 1 is 1.00 bits per heavy atom. The van der Waals surface area contributed by atoms with Crippen molar-refractivity contribution >= 4 is 5.91 Å². The van der Waals surface area contributed by atoms with Crippen LogP contribution in [0.25, 0.3) is 0 Å². The maximum Gasteiger partial charge on any atom is 0.401 e. The zero-order valence-electron chi connectivity index (χ0n) is 12.1. The summed E-state index contributed by atoms with van der Waals surface area (Å²) in [5.74, 6) is 0.0112. The zero-order valence-corrected chi connectivity index (χ0v) is 12.1. The lowest BCUT2D eigenvalue weighted by atomic mass is 10.1. The van der Waals surface area contributed by atoms with Crippen molar-refractivity contribution < 1.29 is 18.0 Å². The Kier molecular flexibility index (Phi) is 5.45. The maximum absolute atomic E-state index is 12.3. The molecule has 1 amide bonds. The van der Waals surface area contributed by atoms with E-state index in [1.807, 2.05) is 0 Å². The number of piperidine rings is 1. The number of piperazine rings is 1. The Hall–Kier alpha value is -0.860. The lowest BCUT2D eigenvalue weighted by molar-refractivity contribution is -0.152. The highest BCUT2D eigenvalue weighted by atomic mass is 19.4. The van der Waals surface area contributed by atoms with Crippen LogP contribution in [-0.4, -0.2) is 85.2 Å². The fraction of sp³-hybridized carbons (Fsp3) is 0.923. The summed E-state index contributed by atoms with van der Waals surface area (Å²) >= 11 is 0. The molecule has 0 unspecified atom stereocenters. The minimum Gasteiger partial charge on any atom is -0.339 e. The van der Waals surface area contributed by atoms with Crippen molar-refractivity contribution in [1.29, 1.82) is 0 Å². The standard InChI is InChI=1S/C13H23F3N4O/c14-13(15,16)10-19-5-7-20(8-6-19)12(21)9-18-3-1-11(17)2-4-18/h11H,1-10,17H2. The van der Waals surface area contributed by atoms with Crippen LogP contribution in [0.4, 0.5) is 13.2 Å². The first kappa shape index (κ1) is 16.5. The maximum atomic E-state index is 12.3. The number of carbonyl (C=O) groups excluding carboxylic acids is 1. The van der Waals surface area contributed by atoms with Crippen LogP contribution in [0.1, 0.15) is 12.8 Å². The Morgan fingerprint density at radius 2 is 1.57 bits per heavy atom. The molecule has 0 radical (unpaired) electrons. The molecule has 2 heterocycles. The number of hydrogen-bond acceptors (Lipinski definition) is 4. The molecule has 122 valence electrons. The first-order valence-electron chi connectivity index (χ1n) is 7.38. The van der Waals surface area contributed by atoms with Crippen molar-refractivity contribution in [2.75, 3.05) is 52.4 Å². The summed E-state index contributed by atoms with van der Waals surface area (Å²) in [7, 11) is 0. The van der Waals surface area contributed by atoms with Crippen molar-refractivity contribution in [2.24, 2.45) is 5.73 Å². The van der Waals surface area contributed by atoms with Crippen LogP contribution in [0.3, 0.4) is 0 Å². The number of alkyl halides is 3. The number of halogens is 3. The van der Waals surface area contributed by atoms with Gasteiger partial charge >= 0.3 is 6.18 Å². The molecule has 8 heteroatoms. The van der Waals surface area contributed by atoms with Crippen LogP contribution in [0, 0.1) is 0 Å². The minimum atomic E-state index is -4.17. The van der Waals surface area contributed by atoms with Gasteiger partial charge in [-0.25, -0.2) is 0 Å². The van der Waals surface area contributed by atoms with E-state index in [-0.39, 0.29) is 25.0 Å². The van der Waals surface area contributed by atoms with Gasteiger partial charge in [-0.3, -0.25) is 14.6 Å². The smallest absolute Gasteiger partial charge is 0.339 e. The Balaban J connectivity index is 1.70. The first-order chi connectivity index (χ1) is 9.83. The Labute approximate surface area is 122 Å². The molecule has 2 saturated heterocycles. The average Bonchev–Trinajstić information content (AvgIpc) is 2.40. The Bertz CT molecular complexity index is 348. The highest BCUT2D eigenvalue weighted by molar-refractivity contribution is 5.78. The van der Waals surface area contributed by atoms with Crippen LogP contribution < -0.4 is 5.73 Å². The van der Waals surface area contributed by atoms with Gasteiger partial charge in [-0.15, -0.1) is 0 Å². The molecule has 2 N–H and O–H groups in total. The molecule has 5 nitrogen and oxygen atoms in total. The van der Waals surface area contributed by atoms with E-state index in [2.05, 4.69) is 4.90 Å². The highest BCUT2D eigenvalue weighted by Gasteiger charge is 2.33. The van der Waals surface area contributed by atoms with E-state index in [0.29, 0.717) is 19.6 Å². The number of likely N-dealkylation sites (tertiary alicyclic amines) is 1. The van der Waals surface area contributed by atoms with E-state index in [1.54, 1.807) is 4.90 Å². The molecule has 21 heavy (non-hydrogen) atoms. The molecular formula is C13H23F3N4O. The number of nitrogens with zero attached hydrogens (tertiary/aromatic N) is 3. The van der Waals surface area contributed by atoms with Gasteiger partial charge in [0.05, 0.1) is 13.1 Å². The molecular weight excluding hydrogens is 285 g/mol. The van der Waals surface area contributed by atoms with Crippen LogP contribution in [0.2, 0.25) is 0 Å². The van der Waals surface area contributed by atoms with Gasteiger partial charge in [0.15, 0.2) is 0 Å². The normalized spacial score (nSPS) is 23.5. The van der Waals surface area contributed by atoms with Gasteiger partial charge in [0.25, 0.3) is 0 Å². The lowest BCUT2D eigenvalue weighted by Crippen LogP contribution is -2.53. The number of rotatable bonds is 3. The molecule has 0 aromatic carbocycles. The fourth-order valence-corrected chi connectivity index (χ4v) is 2.81. The van der Waals surface area contributed by atoms with E-state index in [4.69, 9.17) is 5.73 Å². The number of carbonyl (C=O) groups is 1. The van der Waals surface area contributed by atoms with Crippen molar-refractivity contribution in [3.8, 4) is 0 Å². The van der Waals surface area contributed by atoms with Crippen LogP contribution in [-0.2, 0) is 4.79 Å². The predicted octanol–water partition coefficient (Wildman–Crippen LogP) is 0.116. The quantitative estimate of drug-likeness (QED) is 0.804. The summed E-state index contributed by atoms with van der Waals surface area (Å²) < 4.78 is 36.9. The van der Waals surface area contributed by atoms with E-state index >= 15 is 0 Å². The van der Waals surface area contributed by atoms with Crippen LogP contribution in [0.15, 0.2) is 0 Å². The molecule has 0 aromatic rings. The van der Waals surface area contributed by atoms with Crippen molar-refractivity contribution in [3.63, 3.8) is 0 Å². The second-order valence-corrected chi connectivity index (χ2v) is 5.89. The summed E-state index contributed by atoms with van der Waals surface area (Å²) in [5.41, 5.74) is 5.82. The zero-order chi connectivity index (χ0) is 15.5. The third-order valence-corrected chi connectivity index (χ3v) is 4.12. The van der Waals surface area contributed by atoms with E-state index < -0.39 is 12.7 Å². The molecule has 0 aliphatic carbocycles. The summed E-state index contributed by atoms with van der Waals surface area (Å²) in [4.78, 5) is 17.2. The summed E-state index contributed by atoms with van der Waals surface area (Å²) in [6.07, 6.45) is -2.38. The summed E-state index contributed by atoms with van der Waals surface area (Å²) in [6.45, 7) is 2.43. The monoisotopic (exact) mass is 308 g/mol. The van der Waals surface area contributed by atoms with Gasteiger partial charge in [0, 0.05) is 45.3 Å². The number of amides is 1. The molecule has 2 aliphatic rings. The largest absolute Gasteiger partial charge is 0.401 e. The Morgan fingerprint density at radius 3 is 2.10 bits per heavy atom. The first-order valence-corrected chi connectivity index (χ1v) is 7.38. The van der Waals surface area contributed by atoms with Gasteiger partial charge in [0.2, 0.25) is 5.91 Å². The number of nitrogens with two attached hydrogens (primary N) is 1. The van der Waals surface area contributed by atoms with Gasteiger partial charge in [-0.1, -0.05) is 0 Å². The second kappa shape index (κ2) is 6.93. The van der Waals surface area contributed by atoms with Crippen molar-refractivity contribution in [1.82, 2.24) is 14.7 Å². The molecule has 0 atom stereocenters. The van der Waals surface area contributed by atoms with E-state index in [0.717, 1.165) is 25.9 Å². The lowest BCUT2D eigenvalue weighted by Gasteiger charge is -2.37. The third-order valence-electron chi connectivity index (χ3n) is 4.12. The van der Waals surface area contributed by atoms with Gasteiger partial charge in [0.1, 0.15) is 0 Å². The predicted molar refractivity (Wildman–Crippen MR) is 72.7 cm³/mol. The summed E-state index contributed by atoms with van der Waals surface area (Å²) in [6, 6.07) is 0.224. The van der Waals surface area contributed by atoms with E-state index in [9.17, 15) is 18.0 Å². The van der Waals surface area contributed by atoms with Gasteiger partial charge in [-0.2, -0.15) is 13.2 Å². The molecule has 0 bridgehead atoms. The molecule has 0 spiro atoms. The van der Waals surface area contributed by atoms with Gasteiger partial charge in [-0.05, 0) is 12.8 Å². The van der Waals surface area contributed by atoms with Crippen molar-refractivity contribution in [2.45, 2.75) is 25.1 Å². The molecule has 2 aliphatic heterocycles. The molecule has 0 aromatic heterocycles. The second-order valence-electron chi connectivity index (χ2n) is 5.89. The number of hydrogen-bond donors (Lipinski definition) is 1. The van der Waals surface area contributed by atoms with E-state index in [1.165, 1.54) is 4.90 Å². The highest BCUT2D eigenvalue weighted by Crippen LogP contribution is 2.17. The SMILES string of the molecule is NC1CCN(CC(=O)N2CCN(CC(F)(F)F)CC2)CC1. The van der Waals surface area contributed by atoms with Gasteiger partial charge < -0.3 is 10.6 Å². The minimum absolute atomic E-state index is 0.0112. The van der Waals surface area contributed by atoms with Crippen molar-refractivity contribution in [3.05, 3.63) is 0 Å². The molecule has 0 saturated carbocycles. The van der Waals surface area contributed by atoms with Crippen LogP contribution >= 0.6 is 0 Å². The third kappa shape index (κ3) is 5.44. The fourth-order valence-electron chi connectivity index (χ4n) is 2.81. The average molecular weight is 308 g/mol. The topological polar surface area (TPSA) is 52.8 Å².